The number of nitrogens with zero attached hydrogens (tertiary/aromatic N) is 1. The first-order valence-corrected chi connectivity index (χ1v) is 4.09. The van der Waals surface area contributed by atoms with Gasteiger partial charge >= 0.3 is 6.09 Å². The van der Waals surface area contributed by atoms with E-state index >= 15 is 0 Å². The number of rotatable bonds is 1. The van der Waals surface area contributed by atoms with Crippen molar-refractivity contribution in [3.05, 3.63) is 0 Å². The van der Waals surface area contributed by atoms with Gasteiger partial charge in [0.25, 0.3) is 0 Å². The van der Waals surface area contributed by atoms with Gasteiger partial charge in [-0.3, -0.25) is 0 Å². The number of amides is 1. The fourth-order valence-electron chi connectivity index (χ4n) is 1.50. The fourth-order valence-corrected chi connectivity index (χ4v) is 1.50. The third-order valence-corrected chi connectivity index (χ3v) is 2.16. The zero-order chi connectivity index (χ0) is 9.14. The summed E-state index contributed by atoms with van der Waals surface area (Å²) in [5.41, 5.74) is 0. The van der Waals surface area contributed by atoms with Crippen LogP contribution in [0.15, 0.2) is 0 Å². The highest BCUT2D eigenvalue weighted by Crippen LogP contribution is 2.12. The van der Waals surface area contributed by atoms with Crippen LogP contribution in [0.2, 0.25) is 0 Å². The normalized spacial score (nSPS) is 29.8. The summed E-state index contributed by atoms with van der Waals surface area (Å²) >= 11 is 0. The van der Waals surface area contributed by atoms with Gasteiger partial charge in [0.05, 0.1) is 6.04 Å². The Bertz CT molecular complexity index is 174. The van der Waals surface area contributed by atoms with Crippen molar-refractivity contribution in [2.75, 3.05) is 13.1 Å². The number of nitrogens with one attached hydrogen (secondary N) is 1. The Balaban J connectivity index is 2.45. The number of hydrogen-bond acceptors (Lipinski definition) is 3. The summed E-state index contributed by atoms with van der Waals surface area (Å²) in [5, 5.41) is 12.6. The van der Waals surface area contributed by atoms with Crippen molar-refractivity contribution in [2.24, 2.45) is 11.8 Å². The maximum absolute atomic E-state index is 10.5. The van der Waals surface area contributed by atoms with E-state index < -0.39 is 6.09 Å². The Kier molecular flexibility index (Phi) is 2.88. The highest BCUT2D eigenvalue weighted by molar-refractivity contribution is 5.64. The van der Waals surface area contributed by atoms with Crippen molar-refractivity contribution >= 4 is 6.09 Å². The van der Waals surface area contributed by atoms with E-state index in [2.05, 4.69) is 12.2 Å². The Morgan fingerprint density at radius 1 is 1.67 bits per heavy atom. The Morgan fingerprint density at radius 3 is 2.83 bits per heavy atom. The lowest BCUT2D eigenvalue weighted by Crippen LogP contribution is -2.53. The van der Waals surface area contributed by atoms with Crippen LogP contribution in [0.1, 0.15) is 13.3 Å². The van der Waals surface area contributed by atoms with E-state index in [-0.39, 0.29) is 6.04 Å². The molecule has 2 atom stereocenters. The predicted molar refractivity (Wildman–Crippen MR) is 44.5 cm³/mol. The molecule has 0 bridgehead atoms. The van der Waals surface area contributed by atoms with Crippen molar-refractivity contribution in [1.29, 1.82) is 0 Å². The quantitative estimate of drug-likeness (QED) is 0.292. The average Bonchev–Trinajstić information content (AvgIpc) is 2.03. The van der Waals surface area contributed by atoms with Crippen molar-refractivity contribution < 1.29 is 9.90 Å². The third-order valence-electron chi connectivity index (χ3n) is 2.16. The van der Waals surface area contributed by atoms with Gasteiger partial charge in [0, 0.05) is 6.54 Å². The summed E-state index contributed by atoms with van der Waals surface area (Å²) < 4.78 is 0. The van der Waals surface area contributed by atoms with Crippen molar-refractivity contribution in [3.8, 4) is 0 Å². The lowest BCUT2D eigenvalue weighted by atomic mass is 9.97. The molecular weight excluding hydrogens is 158 g/mol. The van der Waals surface area contributed by atoms with Gasteiger partial charge in [-0.25, -0.2) is 15.6 Å². The van der Waals surface area contributed by atoms with Gasteiger partial charge in [0.2, 0.25) is 0 Å². The Morgan fingerprint density at radius 2 is 2.33 bits per heavy atom. The second-order valence-corrected chi connectivity index (χ2v) is 3.34. The molecule has 1 heterocycles. The molecule has 0 aliphatic carbocycles. The summed E-state index contributed by atoms with van der Waals surface area (Å²) in [6.07, 6.45) is -0.216. The monoisotopic (exact) mass is 173 g/mol. The minimum Gasteiger partial charge on any atom is -0.464 e. The summed E-state index contributed by atoms with van der Waals surface area (Å²) in [6, 6.07) is -0.0775. The maximum atomic E-state index is 10.5. The number of nitrogens with two attached hydrogens (primary N) is 1. The second kappa shape index (κ2) is 3.73. The molecule has 1 fully saturated rings. The van der Waals surface area contributed by atoms with E-state index in [4.69, 9.17) is 10.9 Å². The molecule has 2 unspecified atom stereocenters. The molecule has 0 aromatic rings. The molecule has 0 radical (unpaired) electrons. The van der Waals surface area contributed by atoms with Crippen molar-refractivity contribution in [3.63, 3.8) is 0 Å². The van der Waals surface area contributed by atoms with Gasteiger partial charge in [0.15, 0.2) is 0 Å². The number of carbonyl (C=O) groups is 1. The minimum atomic E-state index is -1.06. The highest BCUT2D eigenvalue weighted by atomic mass is 16.4. The van der Waals surface area contributed by atoms with E-state index in [9.17, 15) is 4.79 Å². The van der Waals surface area contributed by atoms with Crippen LogP contribution in [0.5, 0.6) is 0 Å². The second-order valence-electron chi connectivity index (χ2n) is 3.34. The number of piperidine rings is 1. The molecule has 1 saturated heterocycles. The number of carboxylic acid groups (broad SMARTS) is 1. The minimum absolute atomic E-state index is 0.0775. The van der Waals surface area contributed by atoms with Crippen molar-refractivity contribution in [1.82, 2.24) is 10.3 Å². The molecule has 5 heteroatoms. The average molecular weight is 173 g/mol. The number of hydrogen-bond donors (Lipinski definition) is 3. The maximum Gasteiger partial charge on any atom is 0.421 e. The van der Waals surface area contributed by atoms with Gasteiger partial charge in [-0.1, -0.05) is 6.92 Å². The van der Waals surface area contributed by atoms with Gasteiger partial charge in [0.1, 0.15) is 0 Å². The topological polar surface area (TPSA) is 78.6 Å². The highest BCUT2D eigenvalue weighted by Gasteiger charge is 2.25. The van der Waals surface area contributed by atoms with Gasteiger partial charge < -0.3 is 10.4 Å². The first-order chi connectivity index (χ1) is 5.61. The Hall–Kier alpha value is -0.810. The molecule has 0 spiro atoms. The SMILES string of the molecule is CC1CNCC(N(N)C(=O)O)C1. The first kappa shape index (κ1) is 9.28. The molecule has 0 saturated carbocycles. The van der Waals surface area contributed by atoms with E-state index in [1.165, 1.54) is 0 Å². The molecular formula is C7H15N3O2. The Labute approximate surface area is 71.5 Å². The van der Waals surface area contributed by atoms with Gasteiger partial charge in [-0.05, 0) is 18.9 Å². The summed E-state index contributed by atoms with van der Waals surface area (Å²) in [6.45, 7) is 3.69. The van der Waals surface area contributed by atoms with Crippen LogP contribution in [0, 0.1) is 5.92 Å². The van der Waals surface area contributed by atoms with Gasteiger partial charge in [-0.15, -0.1) is 0 Å². The standard InChI is InChI=1S/C7H15N3O2/c1-5-2-6(4-9-3-5)10(8)7(11)12/h5-6,9H,2-4,8H2,1H3,(H,11,12). The predicted octanol–water partition coefficient (Wildman–Crippen LogP) is -0.162. The number of hydrazine groups is 1. The summed E-state index contributed by atoms with van der Waals surface area (Å²) in [7, 11) is 0. The van der Waals surface area contributed by atoms with Crippen LogP contribution in [0.4, 0.5) is 4.79 Å². The molecule has 70 valence electrons. The van der Waals surface area contributed by atoms with Crippen LogP contribution in [-0.4, -0.2) is 35.3 Å². The van der Waals surface area contributed by atoms with E-state index in [1.807, 2.05) is 0 Å². The molecule has 1 amide bonds. The zero-order valence-corrected chi connectivity index (χ0v) is 7.16. The molecule has 1 rings (SSSR count). The fraction of sp³-hybridized carbons (Fsp3) is 0.857. The van der Waals surface area contributed by atoms with Crippen LogP contribution in [0.3, 0.4) is 0 Å². The molecule has 5 nitrogen and oxygen atoms in total. The molecule has 0 aromatic carbocycles. The molecule has 1 aliphatic rings. The summed E-state index contributed by atoms with van der Waals surface area (Å²) in [5.74, 6) is 5.84. The molecule has 1 aliphatic heterocycles. The first-order valence-electron chi connectivity index (χ1n) is 4.09. The van der Waals surface area contributed by atoms with Crippen LogP contribution in [0.25, 0.3) is 0 Å². The van der Waals surface area contributed by atoms with E-state index in [0.717, 1.165) is 18.0 Å². The van der Waals surface area contributed by atoms with Gasteiger partial charge in [-0.2, -0.15) is 0 Å². The van der Waals surface area contributed by atoms with Crippen LogP contribution in [-0.2, 0) is 0 Å². The largest absolute Gasteiger partial charge is 0.464 e. The molecule has 0 aromatic heterocycles. The molecule has 12 heavy (non-hydrogen) atoms. The third kappa shape index (κ3) is 2.09. The zero-order valence-electron chi connectivity index (χ0n) is 7.16. The lowest BCUT2D eigenvalue weighted by molar-refractivity contribution is 0.108. The van der Waals surface area contributed by atoms with Crippen LogP contribution >= 0.6 is 0 Å². The molecule has 4 N–H and O–H groups in total. The van der Waals surface area contributed by atoms with E-state index in [1.54, 1.807) is 0 Å². The lowest BCUT2D eigenvalue weighted by Gasteiger charge is -2.32. The summed E-state index contributed by atoms with van der Waals surface area (Å²) in [4.78, 5) is 10.5. The van der Waals surface area contributed by atoms with Crippen molar-refractivity contribution in [2.45, 2.75) is 19.4 Å². The van der Waals surface area contributed by atoms with Crippen LogP contribution < -0.4 is 11.2 Å². The smallest absolute Gasteiger partial charge is 0.421 e. The van der Waals surface area contributed by atoms with E-state index in [0.29, 0.717) is 12.5 Å².